The Morgan fingerprint density at radius 3 is 2.71 bits per heavy atom. The Kier molecular flexibility index (Phi) is 6.43. The van der Waals surface area contributed by atoms with Crippen LogP contribution in [0.5, 0.6) is 0 Å². The Labute approximate surface area is 170 Å². The summed E-state index contributed by atoms with van der Waals surface area (Å²) in [5.74, 6) is 0.746. The average molecular weight is 414 g/mol. The number of thiazole rings is 1. The van der Waals surface area contributed by atoms with Crippen LogP contribution >= 0.6 is 23.1 Å². The van der Waals surface area contributed by atoms with Gasteiger partial charge in [0.05, 0.1) is 21.6 Å². The summed E-state index contributed by atoms with van der Waals surface area (Å²) in [4.78, 5) is 29.1. The molecule has 0 atom stereocenters. The predicted octanol–water partition coefficient (Wildman–Crippen LogP) is 4.58. The number of carbonyl (C=O) groups is 1. The number of rotatable bonds is 7. The van der Waals surface area contributed by atoms with Gasteiger partial charge >= 0.3 is 0 Å². The molecular weight excluding hydrogens is 394 g/mol. The lowest BCUT2D eigenvalue weighted by Crippen LogP contribution is -2.17. The lowest BCUT2D eigenvalue weighted by Gasteiger charge is -2.02. The Morgan fingerprint density at radius 2 is 2.07 bits per heavy atom. The molecule has 0 unspecified atom stereocenters. The Hall–Kier alpha value is -2.71. The topological polar surface area (TPSA) is 77.5 Å². The molecule has 1 heterocycles. The molecule has 1 amide bonds. The van der Waals surface area contributed by atoms with Gasteiger partial charge in [-0.05, 0) is 29.5 Å². The summed E-state index contributed by atoms with van der Waals surface area (Å²) in [6, 6.07) is 12.5. The smallest absolute Gasteiger partial charge is 0.271 e. The zero-order valence-corrected chi connectivity index (χ0v) is 17.0. The Morgan fingerprint density at radius 1 is 1.32 bits per heavy atom. The first-order valence-corrected chi connectivity index (χ1v) is 10.5. The third-order valence-corrected chi connectivity index (χ3v) is 5.95. The number of nitro benzene ring substituents is 1. The number of nitrogens with zero attached hydrogens (tertiary/aromatic N) is 3. The van der Waals surface area contributed by atoms with Gasteiger partial charge in [-0.25, -0.2) is 0 Å². The summed E-state index contributed by atoms with van der Waals surface area (Å²) in [5.41, 5.74) is 1.58. The summed E-state index contributed by atoms with van der Waals surface area (Å²) in [6.45, 7) is 6.24. The van der Waals surface area contributed by atoms with E-state index in [1.807, 2.05) is 24.3 Å². The number of hydrogen-bond donors (Lipinski definition) is 0. The number of nitro groups is 1. The van der Waals surface area contributed by atoms with Gasteiger partial charge in [0.15, 0.2) is 4.80 Å². The summed E-state index contributed by atoms with van der Waals surface area (Å²) in [5, 5.41) is 11.1. The van der Waals surface area contributed by atoms with Gasteiger partial charge in [-0.1, -0.05) is 36.5 Å². The van der Waals surface area contributed by atoms with E-state index in [2.05, 4.69) is 18.5 Å². The van der Waals surface area contributed by atoms with Gasteiger partial charge in [0.1, 0.15) is 0 Å². The molecule has 1 aromatic heterocycles. The van der Waals surface area contributed by atoms with E-state index in [1.165, 1.54) is 28.4 Å². The number of amides is 1. The first kappa shape index (κ1) is 20.0. The molecule has 3 rings (SSSR count). The van der Waals surface area contributed by atoms with E-state index in [1.54, 1.807) is 28.5 Å². The second-order valence-corrected chi connectivity index (χ2v) is 8.30. The maximum absolute atomic E-state index is 12.5. The van der Waals surface area contributed by atoms with Crippen LogP contribution in [0.3, 0.4) is 0 Å². The van der Waals surface area contributed by atoms with E-state index in [0.29, 0.717) is 16.9 Å². The number of thioether (sulfide) groups is 1. The molecule has 0 fully saturated rings. The van der Waals surface area contributed by atoms with Crippen molar-refractivity contribution in [1.29, 1.82) is 0 Å². The van der Waals surface area contributed by atoms with Crippen molar-refractivity contribution in [2.24, 2.45) is 4.99 Å². The SMILES string of the molecule is C=CCn1c(=NC(=O)Cc2ccc(SCC)cc2)sc2ccc([N+](=O)[O-])cc21. The molecule has 0 bridgehead atoms. The van der Waals surface area contributed by atoms with Crippen molar-refractivity contribution in [3.05, 3.63) is 75.6 Å². The largest absolute Gasteiger partial charge is 0.312 e. The maximum atomic E-state index is 12.5. The molecule has 3 aromatic rings. The second kappa shape index (κ2) is 8.99. The van der Waals surface area contributed by atoms with Crippen LogP contribution in [0.2, 0.25) is 0 Å². The summed E-state index contributed by atoms with van der Waals surface area (Å²) < 4.78 is 2.61. The first-order valence-electron chi connectivity index (χ1n) is 8.69. The van der Waals surface area contributed by atoms with Gasteiger partial charge in [0.25, 0.3) is 11.6 Å². The number of non-ortho nitro benzene ring substituents is 1. The van der Waals surface area contributed by atoms with Crippen LogP contribution in [0.1, 0.15) is 12.5 Å². The standard InChI is InChI=1S/C20H19N3O3S2/c1-3-11-22-17-13-15(23(25)26)7-10-18(17)28-20(22)21-19(24)12-14-5-8-16(9-6-14)27-4-2/h3,5-10,13H,1,4,11-12H2,2H3. The summed E-state index contributed by atoms with van der Waals surface area (Å²) in [6.07, 6.45) is 1.89. The van der Waals surface area contributed by atoms with Crippen LogP contribution in [0, 0.1) is 10.1 Å². The van der Waals surface area contributed by atoms with E-state index in [9.17, 15) is 14.9 Å². The molecule has 0 saturated heterocycles. The van der Waals surface area contributed by atoms with Crippen LogP contribution in [0.15, 0.2) is 65.0 Å². The highest BCUT2D eigenvalue weighted by atomic mass is 32.2. The van der Waals surface area contributed by atoms with E-state index in [4.69, 9.17) is 0 Å². The van der Waals surface area contributed by atoms with Crippen molar-refractivity contribution in [2.75, 3.05) is 5.75 Å². The monoisotopic (exact) mass is 413 g/mol. The molecule has 0 aliphatic rings. The molecule has 0 saturated carbocycles. The zero-order valence-electron chi connectivity index (χ0n) is 15.3. The number of hydrogen-bond acceptors (Lipinski definition) is 5. The summed E-state index contributed by atoms with van der Waals surface area (Å²) in [7, 11) is 0. The third-order valence-electron chi connectivity index (χ3n) is 4.00. The van der Waals surface area contributed by atoms with Gasteiger partial charge in [-0.3, -0.25) is 14.9 Å². The molecule has 28 heavy (non-hydrogen) atoms. The zero-order chi connectivity index (χ0) is 20.1. The minimum Gasteiger partial charge on any atom is -0.312 e. The van der Waals surface area contributed by atoms with E-state index in [0.717, 1.165) is 16.0 Å². The van der Waals surface area contributed by atoms with Crippen molar-refractivity contribution in [1.82, 2.24) is 4.57 Å². The van der Waals surface area contributed by atoms with Crippen LogP contribution < -0.4 is 4.80 Å². The van der Waals surface area contributed by atoms with Gasteiger partial charge < -0.3 is 4.57 Å². The highest BCUT2D eigenvalue weighted by Gasteiger charge is 2.12. The first-order chi connectivity index (χ1) is 13.5. The van der Waals surface area contributed by atoms with Crippen molar-refractivity contribution in [3.63, 3.8) is 0 Å². The molecule has 0 spiro atoms. The van der Waals surface area contributed by atoms with Crippen LogP contribution in [-0.2, 0) is 17.8 Å². The highest BCUT2D eigenvalue weighted by Crippen LogP contribution is 2.23. The normalized spacial score (nSPS) is 11.7. The molecule has 8 heteroatoms. The molecule has 6 nitrogen and oxygen atoms in total. The number of carbonyl (C=O) groups excluding carboxylic acids is 1. The minimum absolute atomic E-state index is 0.00558. The molecule has 0 radical (unpaired) electrons. The van der Waals surface area contributed by atoms with E-state index < -0.39 is 4.92 Å². The van der Waals surface area contributed by atoms with Gasteiger partial charge in [-0.2, -0.15) is 4.99 Å². The van der Waals surface area contributed by atoms with Gasteiger partial charge in [0, 0.05) is 23.6 Å². The van der Waals surface area contributed by atoms with Crippen LogP contribution in [0.25, 0.3) is 10.2 Å². The van der Waals surface area contributed by atoms with Crippen molar-refractivity contribution in [2.45, 2.75) is 24.8 Å². The second-order valence-electron chi connectivity index (χ2n) is 5.95. The predicted molar refractivity (Wildman–Crippen MR) is 114 cm³/mol. The van der Waals surface area contributed by atoms with Crippen LogP contribution in [-0.4, -0.2) is 21.2 Å². The molecule has 2 aromatic carbocycles. The lowest BCUT2D eigenvalue weighted by atomic mass is 10.1. The fourth-order valence-electron chi connectivity index (χ4n) is 2.75. The number of allylic oxidation sites excluding steroid dienone is 1. The molecular formula is C20H19N3O3S2. The maximum Gasteiger partial charge on any atom is 0.271 e. The number of aromatic nitrogens is 1. The minimum atomic E-state index is -0.433. The lowest BCUT2D eigenvalue weighted by molar-refractivity contribution is -0.384. The molecule has 0 aliphatic heterocycles. The molecule has 144 valence electrons. The fourth-order valence-corrected chi connectivity index (χ4v) is 4.45. The Balaban J connectivity index is 1.93. The van der Waals surface area contributed by atoms with Crippen molar-refractivity contribution < 1.29 is 9.72 Å². The number of benzene rings is 2. The number of fused-ring (bicyclic) bond motifs is 1. The molecule has 0 N–H and O–H groups in total. The van der Waals surface area contributed by atoms with Crippen molar-refractivity contribution >= 4 is 44.9 Å². The average Bonchev–Trinajstić information content (AvgIpc) is 3.00. The van der Waals surface area contributed by atoms with Gasteiger partial charge in [-0.15, -0.1) is 18.3 Å². The van der Waals surface area contributed by atoms with Crippen molar-refractivity contribution in [3.8, 4) is 0 Å². The fraction of sp³-hybridized carbons (Fsp3) is 0.200. The summed E-state index contributed by atoms with van der Waals surface area (Å²) >= 11 is 3.09. The molecule has 0 aliphatic carbocycles. The van der Waals surface area contributed by atoms with E-state index in [-0.39, 0.29) is 18.0 Å². The van der Waals surface area contributed by atoms with Crippen LogP contribution in [0.4, 0.5) is 5.69 Å². The van der Waals surface area contributed by atoms with Gasteiger partial charge in [0.2, 0.25) is 0 Å². The third kappa shape index (κ3) is 4.58. The quantitative estimate of drug-likeness (QED) is 0.246. The van der Waals surface area contributed by atoms with E-state index >= 15 is 0 Å². The highest BCUT2D eigenvalue weighted by molar-refractivity contribution is 7.99. The Bertz CT molecular complexity index is 1100.